The highest BCUT2D eigenvalue weighted by Gasteiger charge is 2.41. The molecule has 0 aromatic heterocycles. The van der Waals surface area contributed by atoms with E-state index in [1.807, 2.05) is 0 Å². The van der Waals surface area contributed by atoms with Gasteiger partial charge in [0.2, 0.25) is 15.9 Å². The quantitative estimate of drug-likeness (QED) is 0.701. The number of halogens is 1. The monoisotopic (exact) mass is 477 g/mol. The predicted octanol–water partition coefficient (Wildman–Crippen LogP) is 3.47. The molecule has 2 aromatic carbocycles. The van der Waals surface area contributed by atoms with Crippen molar-refractivity contribution in [1.29, 1.82) is 0 Å². The number of hydrogen-bond acceptors (Lipinski definition) is 5. The molecule has 2 N–H and O–H groups in total. The van der Waals surface area contributed by atoms with Gasteiger partial charge in [-0.3, -0.25) is 9.59 Å². The number of hydrogen-bond donors (Lipinski definition) is 2. The molecule has 10 heteroatoms. The molecule has 2 aliphatic rings. The van der Waals surface area contributed by atoms with Crippen LogP contribution in [0.3, 0.4) is 0 Å². The summed E-state index contributed by atoms with van der Waals surface area (Å²) >= 11 is 6.14. The van der Waals surface area contributed by atoms with E-state index in [-0.39, 0.29) is 23.1 Å². The van der Waals surface area contributed by atoms with E-state index in [0.29, 0.717) is 40.4 Å². The fourth-order valence-electron chi connectivity index (χ4n) is 4.00. The number of fused-ring (bicyclic) bond motifs is 1. The Labute approximate surface area is 191 Å². The average Bonchev–Trinajstić information content (AvgIpc) is 3.23. The molecule has 4 rings (SSSR count). The molecular formula is C22H24ClN3O5S. The third-order valence-electron chi connectivity index (χ3n) is 5.83. The number of aryl methyl sites for hydroxylation is 1. The summed E-state index contributed by atoms with van der Waals surface area (Å²) in [6.07, 6.45) is 0.254. The molecule has 2 aliphatic heterocycles. The lowest BCUT2D eigenvalue weighted by Crippen LogP contribution is -2.43. The zero-order chi connectivity index (χ0) is 23.2. The second-order valence-electron chi connectivity index (χ2n) is 8.04. The molecule has 2 aromatic rings. The maximum atomic E-state index is 13.6. The zero-order valence-corrected chi connectivity index (χ0v) is 19.5. The number of carbonyl (C=O) groups is 2. The number of nitrogens with zero attached hydrogens (tertiary/aromatic N) is 1. The predicted molar refractivity (Wildman–Crippen MR) is 122 cm³/mol. The first-order chi connectivity index (χ1) is 15.1. The Hall–Kier alpha value is -2.62. The van der Waals surface area contributed by atoms with Gasteiger partial charge in [-0.15, -0.1) is 0 Å². The Morgan fingerprint density at radius 2 is 2.03 bits per heavy atom. The lowest BCUT2D eigenvalue weighted by atomic mass is 10.1. The van der Waals surface area contributed by atoms with E-state index >= 15 is 0 Å². The fraction of sp³-hybridized carbons (Fsp3) is 0.364. The van der Waals surface area contributed by atoms with Crippen LogP contribution in [0, 0.1) is 13.8 Å². The van der Waals surface area contributed by atoms with Crippen LogP contribution in [0.5, 0.6) is 5.75 Å². The summed E-state index contributed by atoms with van der Waals surface area (Å²) in [5.41, 5.74) is 2.15. The van der Waals surface area contributed by atoms with Crippen LogP contribution in [0.4, 0.5) is 11.4 Å². The van der Waals surface area contributed by atoms with Crippen molar-refractivity contribution >= 4 is 44.8 Å². The van der Waals surface area contributed by atoms with Crippen molar-refractivity contribution in [2.75, 3.05) is 17.2 Å². The van der Waals surface area contributed by atoms with E-state index in [1.165, 1.54) is 10.4 Å². The largest absolute Gasteiger partial charge is 0.479 e. The van der Waals surface area contributed by atoms with Crippen LogP contribution in [0.1, 0.15) is 30.9 Å². The topological polar surface area (TPSA) is 105 Å². The third kappa shape index (κ3) is 3.96. The Morgan fingerprint density at radius 1 is 1.28 bits per heavy atom. The summed E-state index contributed by atoms with van der Waals surface area (Å²) in [6.45, 7) is 5.26. The molecule has 0 spiro atoms. The lowest BCUT2D eigenvalue weighted by molar-refractivity contribution is -0.122. The number of benzene rings is 2. The van der Waals surface area contributed by atoms with Gasteiger partial charge < -0.3 is 15.4 Å². The summed E-state index contributed by atoms with van der Waals surface area (Å²) in [6, 6.07) is 7.34. The normalized spacial score (nSPS) is 20.9. The fourth-order valence-corrected chi connectivity index (χ4v) is 6.05. The van der Waals surface area contributed by atoms with Gasteiger partial charge in [-0.1, -0.05) is 17.7 Å². The second-order valence-corrected chi connectivity index (χ2v) is 10.3. The number of anilines is 2. The smallest absolute Gasteiger partial charge is 0.265 e. The van der Waals surface area contributed by atoms with Crippen LogP contribution in [-0.2, 0) is 19.6 Å². The van der Waals surface area contributed by atoms with Gasteiger partial charge in [0, 0.05) is 23.3 Å². The van der Waals surface area contributed by atoms with Crippen LogP contribution < -0.4 is 15.4 Å². The molecule has 2 heterocycles. The molecule has 0 saturated carbocycles. The molecular weight excluding hydrogens is 454 g/mol. The minimum atomic E-state index is -3.98. The van der Waals surface area contributed by atoms with Gasteiger partial charge in [-0.25, -0.2) is 8.42 Å². The van der Waals surface area contributed by atoms with Gasteiger partial charge in [0.25, 0.3) is 5.91 Å². The lowest BCUT2D eigenvalue weighted by Gasteiger charge is -2.27. The van der Waals surface area contributed by atoms with Gasteiger partial charge in [0.05, 0.1) is 10.6 Å². The van der Waals surface area contributed by atoms with Gasteiger partial charge >= 0.3 is 0 Å². The molecule has 0 radical (unpaired) electrons. The van der Waals surface area contributed by atoms with Crippen molar-refractivity contribution in [2.24, 2.45) is 0 Å². The molecule has 170 valence electrons. The Morgan fingerprint density at radius 3 is 2.78 bits per heavy atom. The van der Waals surface area contributed by atoms with E-state index in [9.17, 15) is 18.0 Å². The van der Waals surface area contributed by atoms with E-state index in [0.717, 1.165) is 0 Å². The van der Waals surface area contributed by atoms with E-state index in [1.54, 1.807) is 45.0 Å². The zero-order valence-electron chi connectivity index (χ0n) is 17.9. The number of carbonyl (C=O) groups excluding carboxylic acids is 2. The molecule has 0 bridgehead atoms. The summed E-state index contributed by atoms with van der Waals surface area (Å²) in [5.74, 6) is -0.402. The number of rotatable bonds is 4. The first kappa shape index (κ1) is 22.6. The molecule has 0 aliphatic carbocycles. The summed E-state index contributed by atoms with van der Waals surface area (Å²) in [7, 11) is -3.98. The maximum Gasteiger partial charge on any atom is 0.265 e. The van der Waals surface area contributed by atoms with E-state index < -0.39 is 28.1 Å². The highest BCUT2D eigenvalue weighted by Crippen LogP contribution is 2.37. The maximum absolute atomic E-state index is 13.6. The molecule has 32 heavy (non-hydrogen) atoms. The molecule has 1 fully saturated rings. The van der Waals surface area contributed by atoms with Gasteiger partial charge in [-0.05, 0) is 62.9 Å². The number of sulfonamides is 1. The van der Waals surface area contributed by atoms with Gasteiger partial charge in [0.15, 0.2) is 6.10 Å². The highest BCUT2D eigenvalue weighted by molar-refractivity contribution is 7.89. The SMILES string of the molecule is Cc1cc2c(cc1S(=O)(=O)N1CCC[C@@H]1C(=O)Nc1cccc(Cl)c1C)O[C@H](C)C(=O)N2. The minimum Gasteiger partial charge on any atom is -0.479 e. The van der Waals surface area contributed by atoms with Crippen molar-refractivity contribution < 1.29 is 22.7 Å². The van der Waals surface area contributed by atoms with Gasteiger partial charge in [-0.2, -0.15) is 4.31 Å². The van der Waals surface area contributed by atoms with Gasteiger partial charge in [0.1, 0.15) is 11.8 Å². The van der Waals surface area contributed by atoms with Crippen LogP contribution in [0.2, 0.25) is 5.02 Å². The molecule has 2 amide bonds. The van der Waals surface area contributed by atoms with E-state index in [4.69, 9.17) is 16.3 Å². The van der Waals surface area contributed by atoms with Crippen LogP contribution in [0.15, 0.2) is 35.2 Å². The van der Waals surface area contributed by atoms with E-state index in [2.05, 4.69) is 10.6 Å². The summed E-state index contributed by atoms with van der Waals surface area (Å²) < 4.78 is 33.9. The average molecular weight is 478 g/mol. The number of nitrogens with one attached hydrogen (secondary N) is 2. The first-order valence-electron chi connectivity index (χ1n) is 10.3. The van der Waals surface area contributed by atoms with Crippen molar-refractivity contribution in [3.8, 4) is 5.75 Å². The summed E-state index contributed by atoms with van der Waals surface area (Å²) in [4.78, 5) is 24.9. The number of amides is 2. The third-order valence-corrected chi connectivity index (χ3v) is 8.29. The molecule has 2 atom stereocenters. The highest BCUT2D eigenvalue weighted by atomic mass is 35.5. The molecule has 8 nitrogen and oxygen atoms in total. The van der Waals surface area contributed by atoms with Crippen molar-refractivity contribution in [1.82, 2.24) is 4.31 Å². The first-order valence-corrected chi connectivity index (χ1v) is 12.1. The van der Waals surface area contributed by atoms with Crippen molar-refractivity contribution in [3.63, 3.8) is 0 Å². The van der Waals surface area contributed by atoms with Crippen LogP contribution in [-0.4, -0.2) is 43.2 Å². The molecule has 1 saturated heterocycles. The Kier molecular flexibility index (Phi) is 5.91. The second kappa shape index (κ2) is 8.38. The Balaban J connectivity index is 1.63. The molecule has 0 unspecified atom stereocenters. The Bertz CT molecular complexity index is 1210. The van der Waals surface area contributed by atoms with Crippen LogP contribution >= 0.6 is 11.6 Å². The standard InChI is InChI=1S/C22H24ClN3O5S/c1-12-10-17-19(31-14(3)21(27)25-17)11-20(12)32(29,30)26-9-5-8-18(26)22(28)24-16-7-4-6-15(23)13(16)2/h4,6-7,10-11,14,18H,5,8-9H2,1-3H3,(H,24,28)(H,25,27)/t14-,18-/m1/s1. The minimum absolute atomic E-state index is 0.0539. The van der Waals surface area contributed by atoms with Crippen molar-refractivity contribution in [3.05, 3.63) is 46.5 Å². The van der Waals surface area contributed by atoms with Crippen LogP contribution in [0.25, 0.3) is 0 Å². The number of ether oxygens (including phenoxy) is 1. The summed E-state index contributed by atoms with van der Waals surface area (Å²) in [5, 5.41) is 6.05. The van der Waals surface area contributed by atoms with Crippen molar-refractivity contribution in [2.45, 2.75) is 50.7 Å².